The average molecular weight is 136 g/mol. The maximum Gasteiger partial charge on any atom is 0.137 e. The van der Waals surface area contributed by atoms with E-state index in [-0.39, 0.29) is 0 Å². The molecule has 52 valence electrons. The van der Waals surface area contributed by atoms with Crippen LogP contribution in [0.2, 0.25) is 0 Å². The molecule has 0 radical (unpaired) electrons. The normalized spacial score (nSPS) is 12.1. The molecular formula is C8H8O2. The summed E-state index contributed by atoms with van der Waals surface area (Å²) in [6.45, 7) is 3.33. The number of hydrogen-bond acceptors (Lipinski definition) is 2. The molecular weight excluding hydrogens is 128 g/mol. The van der Waals surface area contributed by atoms with Crippen LogP contribution in [0.3, 0.4) is 0 Å². The zero-order valence-electron chi connectivity index (χ0n) is 5.45. The predicted molar refractivity (Wildman–Crippen MR) is 37.4 cm³/mol. The van der Waals surface area contributed by atoms with Gasteiger partial charge in [0, 0.05) is 0 Å². The Kier molecular flexibility index (Phi) is 2.11. The first-order chi connectivity index (χ1) is 4.84. The van der Waals surface area contributed by atoms with Crippen molar-refractivity contribution in [1.29, 1.82) is 0 Å². The Labute approximate surface area is 59.1 Å². The van der Waals surface area contributed by atoms with E-state index in [0.29, 0.717) is 5.76 Å². The van der Waals surface area contributed by atoms with E-state index in [4.69, 9.17) is 9.52 Å². The third kappa shape index (κ3) is 1.38. The van der Waals surface area contributed by atoms with E-state index in [1.807, 2.05) is 0 Å². The minimum atomic E-state index is -0.715. The zero-order chi connectivity index (χ0) is 7.40. The van der Waals surface area contributed by atoms with Gasteiger partial charge >= 0.3 is 0 Å². The second-order valence-corrected chi connectivity index (χ2v) is 1.83. The Morgan fingerprint density at radius 1 is 1.80 bits per heavy atom. The van der Waals surface area contributed by atoms with Crippen LogP contribution in [0, 0.1) is 0 Å². The molecule has 2 nitrogen and oxygen atoms in total. The van der Waals surface area contributed by atoms with Gasteiger partial charge in [-0.2, -0.15) is 0 Å². The molecule has 0 spiro atoms. The molecule has 1 heterocycles. The largest absolute Gasteiger partial charge is 0.466 e. The van der Waals surface area contributed by atoms with Crippen molar-refractivity contribution in [2.75, 3.05) is 0 Å². The predicted octanol–water partition coefficient (Wildman–Crippen LogP) is 1.65. The first kappa shape index (κ1) is 6.87. The summed E-state index contributed by atoms with van der Waals surface area (Å²) in [5.41, 5.74) is 2.47. The maximum atomic E-state index is 9.16. The molecule has 0 fully saturated rings. The van der Waals surface area contributed by atoms with E-state index in [2.05, 4.69) is 12.3 Å². The fourth-order valence-corrected chi connectivity index (χ4v) is 0.653. The van der Waals surface area contributed by atoms with E-state index < -0.39 is 6.10 Å². The van der Waals surface area contributed by atoms with Crippen LogP contribution < -0.4 is 0 Å². The van der Waals surface area contributed by atoms with Crippen molar-refractivity contribution in [3.63, 3.8) is 0 Å². The third-order valence-corrected chi connectivity index (χ3v) is 1.11. The highest BCUT2D eigenvalue weighted by molar-refractivity contribution is 5.07. The molecule has 0 unspecified atom stereocenters. The van der Waals surface area contributed by atoms with Gasteiger partial charge in [-0.1, -0.05) is 6.58 Å². The van der Waals surface area contributed by atoms with Gasteiger partial charge in [-0.3, -0.25) is 0 Å². The van der Waals surface area contributed by atoms with Crippen LogP contribution in [0.1, 0.15) is 11.9 Å². The van der Waals surface area contributed by atoms with E-state index in [0.717, 1.165) is 0 Å². The number of aliphatic hydroxyl groups excluding tert-OH is 1. The van der Waals surface area contributed by atoms with Gasteiger partial charge in [0.05, 0.1) is 6.26 Å². The summed E-state index contributed by atoms with van der Waals surface area (Å²) in [5.74, 6) is 0.510. The summed E-state index contributed by atoms with van der Waals surface area (Å²) >= 11 is 0. The van der Waals surface area contributed by atoms with Gasteiger partial charge in [0.25, 0.3) is 0 Å². The van der Waals surface area contributed by atoms with Crippen molar-refractivity contribution in [2.45, 2.75) is 6.10 Å². The molecule has 0 aliphatic rings. The van der Waals surface area contributed by atoms with Crippen molar-refractivity contribution >= 4 is 0 Å². The van der Waals surface area contributed by atoms with Crippen molar-refractivity contribution in [3.05, 3.63) is 42.5 Å². The van der Waals surface area contributed by atoms with E-state index in [1.54, 1.807) is 12.1 Å². The smallest absolute Gasteiger partial charge is 0.137 e. The molecule has 1 aromatic heterocycles. The van der Waals surface area contributed by atoms with Crippen LogP contribution in [0.15, 0.2) is 41.2 Å². The summed E-state index contributed by atoms with van der Waals surface area (Å²) < 4.78 is 4.90. The summed E-state index contributed by atoms with van der Waals surface area (Å²) in [5, 5.41) is 9.16. The highest BCUT2D eigenvalue weighted by atomic mass is 16.4. The topological polar surface area (TPSA) is 33.4 Å². The molecule has 0 aliphatic carbocycles. The summed E-state index contributed by atoms with van der Waals surface area (Å²) in [4.78, 5) is 0. The Hall–Kier alpha value is -1.24. The maximum absolute atomic E-state index is 9.16. The number of furan rings is 1. The van der Waals surface area contributed by atoms with Crippen LogP contribution in [0.25, 0.3) is 0 Å². The van der Waals surface area contributed by atoms with Crippen molar-refractivity contribution in [2.24, 2.45) is 0 Å². The zero-order valence-corrected chi connectivity index (χ0v) is 5.45. The van der Waals surface area contributed by atoms with Gasteiger partial charge in [-0.05, 0) is 18.2 Å². The lowest BCUT2D eigenvalue weighted by Crippen LogP contribution is -1.87. The van der Waals surface area contributed by atoms with Gasteiger partial charge in [0.1, 0.15) is 11.9 Å². The van der Waals surface area contributed by atoms with Crippen molar-refractivity contribution < 1.29 is 9.52 Å². The molecule has 0 amide bonds. The molecule has 0 saturated carbocycles. The summed E-state index contributed by atoms with van der Waals surface area (Å²) in [6, 6.07) is 3.41. The van der Waals surface area contributed by atoms with E-state index >= 15 is 0 Å². The molecule has 1 atom stereocenters. The molecule has 2 heteroatoms. The molecule has 0 bridgehead atoms. The van der Waals surface area contributed by atoms with Crippen LogP contribution in [0.4, 0.5) is 0 Å². The molecule has 0 aromatic carbocycles. The summed E-state index contributed by atoms with van der Waals surface area (Å²) in [7, 11) is 0. The quantitative estimate of drug-likeness (QED) is 0.627. The monoisotopic (exact) mass is 136 g/mol. The molecule has 0 aliphatic heterocycles. The average Bonchev–Trinajstić information content (AvgIpc) is 2.38. The number of rotatable bonds is 2. The van der Waals surface area contributed by atoms with Crippen molar-refractivity contribution in [3.8, 4) is 0 Å². The molecule has 0 saturated heterocycles. The van der Waals surface area contributed by atoms with Gasteiger partial charge in [-0.25, -0.2) is 0 Å². The highest BCUT2D eigenvalue weighted by Gasteiger charge is 2.03. The van der Waals surface area contributed by atoms with Gasteiger partial charge < -0.3 is 9.52 Å². The minimum Gasteiger partial charge on any atom is -0.466 e. The van der Waals surface area contributed by atoms with Crippen LogP contribution >= 0.6 is 0 Å². The number of aliphatic hydroxyl groups is 1. The highest BCUT2D eigenvalue weighted by Crippen LogP contribution is 2.12. The molecule has 1 aromatic rings. The van der Waals surface area contributed by atoms with Gasteiger partial charge in [-0.15, -0.1) is 5.73 Å². The van der Waals surface area contributed by atoms with Crippen LogP contribution in [-0.2, 0) is 0 Å². The molecule has 1 rings (SSSR count). The first-order valence-corrected chi connectivity index (χ1v) is 2.92. The Bertz CT molecular complexity index is 230. The lowest BCUT2D eigenvalue weighted by molar-refractivity contribution is 0.197. The SMILES string of the molecule is C=C=C[C@H](O)c1ccco1. The fourth-order valence-electron chi connectivity index (χ4n) is 0.653. The van der Waals surface area contributed by atoms with Crippen molar-refractivity contribution in [1.82, 2.24) is 0 Å². The minimum absolute atomic E-state index is 0.510. The Morgan fingerprint density at radius 2 is 2.60 bits per heavy atom. The lowest BCUT2D eigenvalue weighted by atomic mass is 10.3. The number of hydrogen-bond donors (Lipinski definition) is 1. The van der Waals surface area contributed by atoms with Gasteiger partial charge in [0.15, 0.2) is 0 Å². The third-order valence-electron chi connectivity index (χ3n) is 1.11. The van der Waals surface area contributed by atoms with Crippen LogP contribution in [0.5, 0.6) is 0 Å². The fraction of sp³-hybridized carbons (Fsp3) is 0.125. The van der Waals surface area contributed by atoms with E-state index in [9.17, 15) is 0 Å². The first-order valence-electron chi connectivity index (χ1n) is 2.92. The Balaban J connectivity index is 2.76. The Morgan fingerprint density at radius 3 is 3.10 bits per heavy atom. The lowest BCUT2D eigenvalue weighted by Gasteiger charge is -1.96. The second-order valence-electron chi connectivity index (χ2n) is 1.83. The molecule has 10 heavy (non-hydrogen) atoms. The van der Waals surface area contributed by atoms with E-state index in [1.165, 1.54) is 12.3 Å². The standard InChI is InChI=1S/C8H8O2/c1-2-4-7(9)8-5-3-6-10-8/h3-7,9H,1H2/t7-/m0/s1. The van der Waals surface area contributed by atoms with Crippen LogP contribution in [-0.4, -0.2) is 5.11 Å². The van der Waals surface area contributed by atoms with Gasteiger partial charge in [0.2, 0.25) is 0 Å². The summed E-state index contributed by atoms with van der Waals surface area (Å²) in [6.07, 6.45) is 2.22. The second kappa shape index (κ2) is 3.06. The molecule has 1 N–H and O–H groups in total.